The number of rotatable bonds is 6. The molecule has 1 atom stereocenters. The van der Waals surface area contributed by atoms with Crippen molar-refractivity contribution in [3.63, 3.8) is 0 Å². The Morgan fingerprint density at radius 1 is 1.20 bits per heavy atom. The second-order valence-corrected chi connectivity index (χ2v) is 8.86. The normalized spacial score (nSPS) is 21.2. The zero-order chi connectivity index (χ0) is 17.4. The molecular formula is C17H21FN4O2S. The Kier molecular flexibility index (Phi) is 4.35. The van der Waals surface area contributed by atoms with Gasteiger partial charge in [0, 0.05) is 32.4 Å². The van der Waals surface area contributed by atoms with Gasteiger partial charge in [-0.25, -0.2) is 17.5 Å². The summed E-state index contributed by atoms with van der Waals surface area (Å²) >= 11 is 0. The Bertz CT molecular complexity index is 846. The highest BCUT2D eigenvalue weighted by Crippen LogP contribution is 2.28. The van der Waals surface area contributed by atoms with E-state index in [4.69, 9.17) is 0 Å². The van der Waals surface area contributed by atoms with E-state index in [9.17, 15) is 12.8 Å². The first-order valence-corrected chi connectivity index (χ1v) is 10.0. The van der Waals surface area contributed by atoms with Crippen LogP contribution in [0.5, 0.6) is 0 Å². The number of benzene rings is 1. The Balaban J connectivity index is 1.46. The van der Waals surface area contributed by atoms with Gasteiger partial charge >= 0.3 is 0 Å². The van der Waals surface area contributed by atoms with Gasteiger partial charge in [-0.05, 0) is 36.6 Å². The molecule has 0 unspecified atom stereocenters. The summed E-state index contributed by atoms with van der Waals surface area (Å²) in [6.45, 7) is 2.47. The van der Waals surface area contributed by atoms with Crippen LogP contribution in [0.2, 0.25) is 0 Å². The van der Waals surface area contributed by atoms with Crippen LogP contribution in [-0.2, 0) is 23.1 Å². The van der Waals surface area contributed by atoms with Gasteiger partial charge in [-0.2, -0.15) is 5.10 Å². The SMILES string of the molecule is O=S(=O)(NC[C@@H]1CN(Cc2ccc(F)cc2)Cc2ccnn21)C1CC1. The molecule has 0 radical (unpaired) electrons. The van der Waals surface area contributed by atoms with Crippen LogP contribution >= 0.6 is 0 Å². The Morgan fingerprint density at radius 3 is 2.68 bits per heavy atom. The molecule has 1 aliphatic carbocycles. The van der Waals surface area contributed by atoms with Crippen molar-refractivity contribution in [3.8, 4) is 0 Å². The van der Waals surface area contributed by atoms with Crippen LogP contribution in [0.15, 0.2) is 36.5 Å². The first-order valence-electron chi connectivity index (χ1n) is 8.49. The highest BCUT2D eigenvalue weighted by Gasteiger charge is 2.36. The lowest BCUT2D eigenvalue weighted by Crippen LogP contribution is -2.43. The number of sulfonamides is 1. The molecule has 0 saturated heterocycles. The Morgan fingerprint density at radius 2 is 1.96 bits per heavy atom. The zero-order valence-electron chi connectivity index (χ0n) is 13.8. The lowest BCUT2D eigenvalue weighted by atomic mass is 10.1. The van der Waals surface area contributed by atoms with Crippen LogP contribution in [0.4, 0.5) is 4.39 Å². The number of nitrogens with zero attached hydrogens (tertiary/aromatic N) is 3. The summed E-state index contributed by atoms with van der Waals surface area (Å²) in [6, 6.07) is 8.40. The monoisotopic (exact) mass is 364 g/mol. The van der Waals surface area contributed by atoms with Crippen molar-refractivity contribution >= 4 is 10.0 Å². The molecule has 2 aliphatic rings. The lowest BCUT2D eigenvalue weighted by molar-refractivity contribution is 0.168. The second kappa shape index (κ2) is 6.51. The molecule has 0 amide bonds. The molecule has 0 spiro atoms. The van der Waals surface area contributed by atoms with E-state index in [-0.39, 0.29) is 17.1 Å². The first kappa shape index (κ1) is 16.7. The van der Waals surface area contributed by atoms with Gasteiger partial charge in [0.15, 0.2) is 0 Å². The number of aromatic nitrogens is 2. The lowest BCUT2D eigenvalue weighted by Gasteiger charge is -2.34. The molecule has 1 N–H and O–H groups in total. The maximum atomic E-state index is 13.1. The van der Waals surface area contributed by atoms with E-state index in [1.165, 1.54) is 12.1 Å². The molecule has 1 aromatic carbocycles. The summed E-state index contributed by atoms with van der Waals surface area (Å²) in [7, 11) is -3.20. The van der Waals surface area contributed by atoms with Crippen LogP contribution in [0.25, 0.3) is 0 Å². The molecule has 6 nitrogen and oxygen atoms in total. The van der Waals surface area contributed by atoms with E-state index < -0.39 is 10.0 Å². The summed E-state index contributed by atoms with van der Waals surface area (Å²) in [4.78, 5) is 2.24. The van der Waals surface area contributed by atoms with Crippen LogP contribution in [0.1, 0.15) is 30.1 Å². The van der Waals surface area contributed by atoms with Crippen LogP contribution in [0.3, 0.4) is 0 Å². The smallest absolute Gasteiger partial charge is 0.214 e. The molecule has 8 heteroatoms. The van der Waals surface area contributed by atoms with Crippen molar-refractivity contribution in [1.29, 1.82) is 0 Å². The fourth-order valence-electron chi connectivity index (χ4n) is 3.29. The highest BCUT2D eigenvalue weighted by atomic mass is 32.2. The predicted octanol–water partition coefficient (Wildman–Crippen LogP) is 1.66. The van der Waals surface area contributed by atoms with Crippen molar-refractivity contribution < 1.29 is 12.8 Å². The molecule has 25 heavy (non-hydrogen) atoms. The summed E-state index contributed by atoms with van der Waals surface area (Å²) in [5, 5.41) is 4.14. The standard InChI is InChI=1S/C17H21FN4O2S/c18-14-3-1-13(2-4-14)10-21-11-15-7-8-19-22(15)16(12-21)9-20-25(23,24)17-5-6-17/h1-4,7-8,16-17,20H,5-6,9-12H2/t16-/m1/s1. The fourth-order valence-corrected chi connectivity index (χ4v) is 4.71. The van der Waals surface area contributed by atoms with Gasteiger partial charge in [-0.15, -0.1) is 0 Å². The Hall–Kier alpha value is -1.77. The average molecular weight is 364 g/mol. The van der Waals surface area contributed by atoms with Gasteiger partial charge in [0.25, 0.3) is 0 Å². The maximum absolute atomic E-state index is 13.1. The molecule has 1 aliphatic heterocycles. The third-order valence-corrected chi connectivity index (χ3v) is 6.67. The fraction of sp³-hybridized carbons (Fsp3) is 0.471. The third-order valence-electron chi connectivity index (χ3n) is 4.76. The predicted molar refractivity (Wildman–Crippen MR) is 91.7 cm³/mol. The van der Waals surface area contributed by atoms with E-state index in [1.807, 2.05) is 10.7 Å². The molecular weight excluding hydrogens is 343 g/mol. The first-order chi connectivity index (χ1) is 12.0. The number of nitrogens with one attached hydrogen (secondary N) is 1. The average Bonchev–Trinajstić information content (AvgIpc) is 3.35. The summed E-state index contributed by atoms with van der Waals surface area (Å²) in [5.41, 5.74) is 2.09. The summed E-state index contributed by atoms with van der Waals surface area (Å²) in [5.74, 6) is -0.243. The number of hydrogen-bond acceptors (Lipinski definition) is 4. The largest absolute Gasteiger partial charge is 0.291 e. The molecule has 1 aromatic heterocycles. The molecule has 2 heterocycles. The van der Waals surface area contributed by atoms with Crippen molar-refractivity contribution in [3.05, 3.63) is 53.6 Å². The van der Waals surface area contributed by atoms with Crippen molar-refractivity contribution in [2.75, 3.05) is 13.1 Å². The minimum Gasteiger partial charge on any atom is -0.291 e. The van der Waals surface area contributed by atoms with Gasteiger partial charge in [-0.3, -0.25) is 9.58 Å². The quantitative estimate of drug-likeness (QED) is 0.847. The second-order valence-electron chi connectivity index (χ2n) is 6.81. The maximum Gasteiger partial charge on any atom is 0.214 e. The van der Waals surface area contributed by atoms with Crippen molar-refractivity contribution in [2.45, 2.75) is 37.2 Å². The number of fused-ring (bicyclic) bond motifs is 1. The van der Waals surface area contributed by atoms with Crippen molar-refractivity contribution in [2.24, 2.45) is 0 Å². The highest BCUT2D eigenvalue weighted by molar-refractivity contribution is 7.90. The topological polar surface area (TPSA) is 67.2 Å². The zero-order valence-corrected chi connectivity index (χ0v) is 14.6. The van der Waals surface area contributed by atoms with Crippen LogP contribution in [0, 0.1) is 5.82 Å². The third kappa shape index (κ3) is 3.75. The van der Waals surface area contributed by atoms with E-state index >= 15 is 0 Å². The van der Waals surface area contributed by atoms with Crippen LogP contribution in [-0.4, -0.2) is 41.4 Å². The number of hydrogen-bond donors (Lipinski definition) is 1. The molecule has 2 aromatic rings. The molecule has 1 saturated carbocycles. The Labute approximate surface area is 146 Å². The van der Waals surface area contributed by atoms with Gasteiger partial charge < -0.3 is 0 Å². The van der Waals surface area contributed by atoms with E-state index in [0.29, 0.717) is 19.6 Å². The molecule has 0 bridgehead atoms. The minimum atomic E-state index is -3.20. The minimum absolute atomic E-state index is 0.0484. The molecule has 1 fully saturated rings. The van der Waals surface area contributed by atoms with Gasteiger partial charge in [-0.1, -0.05) is 12.1 Å². The van der Waals surface area contributed by atoms with Gasteiger partial charge in [0.1, 0.15) is 5.82 Å². The van der Waals surface area contributed by atoms with Gasteiger partial charge in [0.2, 0.25) is 10.0 Å². The molecule has 134 valence electrons. The molecule has 4 rings (SSSR count). The number of halogens is 1. The van der Waals surface area contributed by atoms with Crippen LogP contribution < -0.4 is 4.72 Å². The summed E-state index contributed by atoms with van der Waals surface area (Å²) in [6.07, 6.45) is 3.26. The van der Waals surface area contributed by atoms with E-state index in [1.54, 1.807) is 18.3 Å². The van der Waals surface area contributed by atoms with E-state index in [2.05, 4.69) is 14.7 Å². The summed E-state index contributed by atoms with van der Waals surface area (Å²) < 4.78 is 41.9. The van der Waals surface area contributed by atoms with Gasteiger partial charge in [0.05, 0.1) is 17.0 Å². The van der Waals surface area contributed by atoms with Crippen molar-refractivity contribution in [1.82, 2.24) is 19.4 Å². The van der Waals surface area contributed by atoms with E-state index in [0.717, 1.165) is 30.6 Å².